The third-order valence-corrected chi connectivity index (χ3v) is 4.58. The molecular weight excluding hydrogens is 317 g/mol. The van der Waals surface area contributed by atoms with Gasteiger partial charge in [-0.2, -0.15) is 0 Å². The number of benzene rings is 1. The fourth-order valence-electron chi connectivity index (χ4n) is 1.55. The van der Waals surface area contributed by atoms with Gasteiger partial charge in [0.15, 0.2) is 5.78 Å². The van der Waals surface area contributed by atoms with Crippen LogP contribution in [0.5, 0.6) is 5.75 Å². The van der Waals surface area contributed by atoms with E-state index in [-0.39, 0.29) is 18.1 Å². The van der Waals surface area contributed by atoms with Gasteiger partial charge < -0.3 is 5.11 Å². The number of nitrogens with zero attached hydrogens (tertiary/aromatic N) is 1. The lowest BCUT2D eigenvalue weighted by Crippen LogP contribution is -2.02. The van der Waals surface area contributed by atoms with E-state index in [9.17, 15) is 9.90 Å². The Labute approximate surface area is 130 Å². The maximum absolute atomic E-state index is 11.9. The van der Waals surface area contributed by atoms with Crippen LogP contribution < -0.4 is 0 Å². The van der Waals surface area contributed by atoms with Gasteiger partial charge in [0.1, 0.15) is 12.3 Å². The molecule has 0 unspecified atom stereocenters. The Balaban J connectivity index is 2.08. The first-order chi connectivity index (χ1) is 9.49. The van der Waals surface area contributed by atoms with Crippen LogP contribution in [0.4, 0.5) is 0 Å². The molecule has 0 bridgehead atoms. The predicted molar refractivity (Wildman–Crippen MR) is 84.0 cm³/mol. The quantitative estimate of drug-likeness (QED) is 0.669. The van der Waals surface area contributed by atoms with Crippen molar-refractivity contribution in [2.45, 2.75) is 6.92 Å². The Morgan fingerprint density at radius 3 is 2.85 bits per heavy atom. The van der Waals surface area contributed by atoms with Crippen LogP contribution >= 0.6 is 34.5 Å². The van der Waals surface area contributed by atoms with Gasteiger partial charge in [-0.3, -0.25) is 9.79 Å². The van der Waals surface area contributed by atoms with Crippen LogP contribution in [0.2, 0.25) is 10.0 Å². The molecule has 6 heteroatoms. The lowest BCUT2D eigenvalue weighted by molar-refractivity contribution is 0.101. The lowest BCUT2D eigenvalue weighted by atomic mass is 10.2. The summed E-state index contributed by atoms with van der Waals surface area (Å²) in [4.78, 5) is 16.5. The molecule has 0 spiro atoms. The standard InChI is InChI=1S/C14H11Cl2NO2S/c1-8-7-20-14(13(8)16)12(19)6-17-5-9-4-10(15)2-3-11(9)18/h2-5,7,18H,6H2,1H3. The van der Waals surface area contributed by atoms with E-state index in [4.69, 9.17) is 23.2 Å². The molecule has 0 radical (unpaired) electrons. The molecule has 1 aromatic carbocycles. The van der Waals surface area contributed by atoms with Crippen molar-refractivity contribution in [2.24, 2.45) is 4.99 Å². The third-order valence-electron chi connectivity index (χ3n) is 2.61. The van der Waals surface area contributed by atoms with E-state index in [1.165, 1.54) is 23.6 Å². The molecule has 1 aromatic heterocycles. The summed E-state index contributed by atoms with van der Waals surface area (Å²) in [5.74, 6) is -0.0820. The summed E-state index contributed by atoms with van der Waals surface area (Å²) in [5.41, 5.74) is 1.36. The Kier molecular flexibility index (Phi) is 4.81. The second kappa shape index (κ2) is 6.39. The highest BCUT2D eigenvalue weighted by Gasteiger charge is 2.13. The van der Waals surface area contributed by atoms with E-state index in [0.717, 1.165) is 5.56 Å². The Hall–Kier alpha value is -1.36. The number of carbonyl (C=O) groups excluding carboxylic acids is 1. The molecule has 104 valence electrons. The molecule has 0 saturated carbocycles. The van der Waals surface area contributed by atoms with E-state index in [2.05, 4.69) is 4.99 Å². The van der Waals surface area contributed by atoms with Crippen molar-refractivity contribution in [3.8, 4) is 5.75 Å². The van der Waals surface area contributed by atoms with Crippen molar-refractivity contribution in [3.63, 3.8) is 0 Å². The van der Waals surface area contributed by atoms with E-state index in [1.54, 1.807) is 12.1 Å². The van der Waals surface area contributed by atoms with Crippen molar-refractivity contribution < 1.29 is 9.90 Å². The molecular formula is C14H11Cl2NO2S. The molecule has 0 aliphatic heterocycles. The first kappa shape index (κ1) is 15.0. The molecule has 2 aromatic rings. The van der Waals surface area contributed by atoms with Gasteiger partial charge in [-0.05, 0) is 36.1 Å². The van der Waals surface area contributed by atoms with Gasteiger partial charge >= 0.3 is 0 Å². The number of halogens is 2. The van der Waals surface area contributed by atoms with Gasteiger partial charge in [-0.1, -0.05) is 23.2 Å². The zero-order valence-electron chi connectivity index (χ0n) is 10.6. The normalized spacial score (nSPS) is 11.2. The Morgan fingerprint density at radius 2 is 2.20 bits per heavy atom. The van der Waals surface area contributed by atoms with E-state index >= 15 is 0 Å². The number of hydrogen-bond acceptors (Lipinski definition) is 4. The second-order valence-corrected chi connectivity index (χ2v) is 5.85. The minimum atomic E-state index is -0.147. The summed E-state index contributed by atoms with van der Waals surface area (Å²) in [6.07, 6.45) is 1.42. The van der Waals surface area contributed by atoms with Gasteiger partial charge in [0.05, 0.1) is 9.90 Å². The highest BCUT2D eigenvalue weighted by Crippen LogP contribution is 2.27. The van der Waals surface area contributed by atoms with Crippen LogP contribution in [0.3, 0.4) is 0 Å². The number of phenols is 1. The molecule has 0 aliphatic carbocycles. The topological polar surface area (TPSA) is 49.7 Å². The Bertz CT molecular complexity index is 680. The van der Waals surface area contributed by atoms with Crippen molar-refractivity contribution in [1.82, 2.24) is 0 Å². The average Bonchev–Trinajstić information content (AvgIpc) is 2.74. The monoisotopic (exact) mass is 327 g/mol. The van der Waals surface area contributed by atoms with Gasteiger partial charge in [-0.25, -0.2) is 0 Å². The third kappa shape index (κ3) is 3.39. The molecule has 0 amide bonds. The van der Waals surface area contributed by atoms with Crippen LogP contribution in [0.15, 0.2) is 28.6 Å². The van der Waals surface area contributed by atoms with E-state index < -0.39 is 0 Å². The van der Waals surface area contributed by atoms with Crippen LogP contribution in [0.25, 0.3) is 0 Å². The molecule has 0 atom stereocenters. The van der Waals surface area contributed by atoms with Crippen LogP contribution in [-0.4, -0.2) is 23.6 Å². The summed E-state index contributed by atoms with van der Waals surface area (Å²) >= 11 is 13.2. The van der Waals surface area contributed by atoms with Gasteiger partial charge in [0.25, 0.3) is 0 Å². The minimum absolute atomic E-state index is 0.0222. The molecule has 3 nitrogen and oxygen atoms in total. The van der Waals surface area contributed by atoms with Crippen LogP contribution in [0, 0.1) is 6.92 Å². The fraction of sp³-hybridized carbons (Fsp3) is 0.143. The van der Waals surface area contributed by atoms with Crippen molar-refractivity contribution >= 4 is 46.5 Å². The molecule has 0 aliphatic rings. The number of Topliss-reactive ketones (excluding diaryl/α,β-unsaturated/α-hetero) is 1. The van der Waals surface area contributed by atoms with Crippen molar-refractivity contribution in [1.29, 1.82) is 0 Å². The van der Waals surface area contributed by atoms with Crippen molar-refractivity contribution in [2.75, 3.05) is 6.54 Å². The molecule has 0 saturated heterocycles. The molecule has 0 fully saturated rings. The largest absolute Gasteiger partial charge is 0.507 e. The number of aliphatic imine (C=N–C) groups is 1. The number of rotatable bonds is 4. The summed E-state index contributed by atoms with van der Waals surface area (Å²) in [5, 5.41) is 12.4. The predicted octanol–water partition coefficient (Wildman–Crippen LogP) is 4.37. The SMILES string of the molecule is Cc1csc(C(=O)CN=Cc2cc(Cl)ccc2O)c1Cl. The highest BCUT2D eigenvalue weighted by atomic mass is 35.5. The molecule has 1 heterocycles. The summed E-state index contributed by atoms with van der Waals surface area (Å²) in [6, 6.07) is 4.63. The number of thiophene rings is 1. The van der Waals surface area contributed by atoms with Crippen molar-refractivity contribution in [3.05, 3.63) is 49.6 Å². The fourth-order valence-corrected chi connectivity index (χ4v) is 2.96. The van der Waals surface area contributed by atoms with Crippen LogP contribution in [-0.2, 0) is 0 Å². The van der Waals surface area contributed by atoms with E-state index in [1.807, 2.05) is 12.3 Å². The number of aryl methyl sites for hydroxylation is 1. The summed E-state index contributed by atoms with van der Waals surface area (Å²) in [6.45, 7) is 1.83. The maximum atomic E-state index is 11.9. The van der Waals surface area contributed by atoms with Gasteiger partial charge in [0, 0.05) is 16.8 Å². The first-order valence-electron chi connectivity index (χ1n) is 5.74. The summed E-state index contributed by atoms with van der Waals surface area (Å²) < 4.78 is 0. The number of phenolic OH excluding ortho intramolecular Hbond substituents is 1. The zero-order chi connectivity index (χ0) is 14.7. The zero-order valence-corrected chi connectivity index (χ0v) is 12.9. The first-order valence-corrected chi connectivity index (χ1v) is 7.37. The highest BCUT2D eigenvalue weighted by molar-refractivity contribution is 7.13. The van der Waals surface area contributed by atoms with E-state index in [0.29, 0.717) is 20.5 Å². The average molecular weight is 328 g/mol. The van der Waals surface area contributed by atoms with Crippen LogP contribution in [0.1, 0.15) is 20.8 Å². The molecule has 20 heavy (non-hydrogen) atoms. The lowest BCUT2D eigenvalue weighted by Gasteiger charge is -1.99. The minimum Gasteiger partial charge on any atom is -0.507 e. The number of hydrogen-bond donors (Lipinski definition) is 1. The Morgan fingerprint density at radius 1 is 1.45 bits per heavy atom. The van der Waals surface area contributed by atoms with Gasteiger partial charge in [-0.15, -0.1) is 11.3 Å². The maximum Gasteiger partial charge on any atom is 0.195 e. The number of ketones is 1. The van der Waals surface area contributed by atoms with Gasteiger partial charge in [0.2, 0.25) is 0 Å². The molecule has 1 N–H and O–H groups in total. The number of aromatic hydroxyl groups is 1. The number of carbonyl (C=O) groups is 1. The molecule has 2 rings (SSSR count). The smallest absolute Gasteiger partial charge is 0.195 e. The second-order valence-electron chi connectivity index (χ2n) is 4.16. The summed E-state index contributed by atoms with van der Waals surface area (Å²) in [7, 11) is 0.